The van der Waals surface area contributed by atoms with Crippen molar-refractivity contribution in [3.05, 3.63) is 23.2 Å². The van der Waals surface area contributed by atoms with E-state index in [1.54, 1.807) is 4.90 Å². The minimum Gasteiger partial charge on any atom is -0.335 e. The van der Waals surface area contributed by atoms with E-state index in [2.05, 4.69) is 20.9 Å². The molecule has 2 heterocycles. The first-order valence-electron chi connectivity index (χ1n) is 6.37. The number of carbonyl (C=O) groups is 1. The Morgan fingerprint density at radius 2 is 1.95 bits per heavy atom. The third kappa shape index (κ3) is 3.06. The summed E-state index contributed by atoms with van der Waals surface area (Å²) in [6, 6.07) is 2.28. The van der Waals surface area contributed by atoms with Gasteiger partial charge in [0.2, 0.25) is 0 Å². The molecule has 0 atom stereocenters. The molecule has 6 nitrogen and oxygen atoms in total. The van der Waals surface area contributed by atoms with Crippen LogP contribution in [0.3, 0.4) is 0 Å². The zero-order valence-corrected chi connectivity index (χ0v) is 12.3. The Kier molecular flexibility index (Phi) is 4.21. The molecule has 0 unspecified atom stereocenters. The SMILES string of the molecule is CC(C)(C#N)N1CCN(C(=O)c2cnc(Cl)cn2)CC1. The Bertz CT molecular complexity index is 529. The second-order valence-corrected chi connectivity index (χ2v) is 5.56. The molecule has 0 saturated carbocycles. The Labute approximate surface area is 123 Å². The van der Waals surface area contributed by atoms with E-state index in [0.29, 0.717) is 31.9 Å². The first-order chi connectivity index (χ1) is 9.44. The second-order valence-electron chi connectivity index (χ2n) is 5.17. The summed E-state index contributed by atoms with van der Waals surface area (Å²) in [5.74, 6) is -0.149. The zero-order chi connectivity index (χ0) is 14.8. The molecule has 20 heavy (non-hydrogen) atoms. The third-order valence-corrected chi connectivity index (χ3v) is 3.67. The Morgan fingerprint density at radius 1 is 1.30 bits per heavy atom. The molecule has 7 heteroatoms. The molecule has 0 bridgehead atoms. The van der Waals surface area contributed by atoms with Gasteiger partial charge in [0.15, 0.2) is 0 Å². The first-order valence-corrected chi connectivity index (χ1v) is 6.75. The minimum atomic E-state index is -0.505. The first kappa shape index (κ1) is 14.7. The quantitative estimate of drug-likeness (QED) is 0.819. The van der Waals surface area contributed by atoms with Gasteiger partial charge in [0.1, 0.15) is 16.4 Å². The van der Waals surface area contributed by atoms with Gasteiger partial charge in [-0.15, -0.1) is 0 Å². The number of aromatic nitrogens is 2. The summed E-state index contributed by atoms with van der Waals surface area (Å²) >= 11 is 5.65. The van der Waals surface area contributed by atoms with Gasteiger partial charge in [-0.2, -0.15) is 5.26 Å². The van der Waals surface area contributed by atoms with E-state index in [-0.39, 0.29) is 11.1 Å². The van der Waals surface area contributed by atoms with Crippen LogP contribution in [0, 0.1) is 11.3 Å². The molecule has 0 aromatic carbocycles. The van der Waals surface area contributed by atoms with Gasteiger partial charge in [0, 0.05) is 26.2 Å². The Balaban J connectivity index is 1.99. The van der Waals surface area contributed by atoms with Crippen molar-refractivity contribution >= 4 is 17.5 Å². The van der Waals surface area contributed by atoms with Crippen molar-refractivity contribution in [3.63, 3.8) is 0 Å². The number of carbonyl (C=O) groups excluding carboxylic acids is 1. The predicted octanol–water partition coefficient (Wildman–Crippen LogP) is 1.19. The normalized spacial score (nSPS) is 16.8. The van der Waals surface area contributed by atoms with E-state index in [0.717, 1.165) is 0 Å². The number of amides is 1. The largest absolute Gasteiger partial charge is 0.335 e. The second kappa shape index (κ2) is 5.73. The summed E-state index contributed by atoms with van der Waals surface area (Å²) in [7, 11) is 0. The molecule has 106 valence electrons. The van der Waals surface area contributed by atoms with Crippen LogP contribution in [0.25, 0.3) is 0 Å². The average molecular weight is 294 g/mol. The van der Waals surface area contributed by atoms with Crippen molar-refractivity contribution in [2.45, 2.75) is 19.4 Å². The van der Waals surface area contributed by atoms with Crippen LogP contribution in [0.5, 0.6) is 0 Å². The summed E-state index contributed by atoms with van der Waals surface area (Å²) in [6.45, 7) is 6.27. The maximum atomic E-state index is 12.2. The lowest BCUT2D eigenvalue weighted by Gasteiger charge is -2.40. The van der Waals surface area contributed by atoms with Crippen molar-refractivity contribution < 1.29 is 4.79 Å². The molecule has 0 N–H and O–H groups in total. The van der Waals surface area contributed by atoms with E-state index in [9.17, 15) is 4.79 Å². The number of piperazine rings is 1. The maximum absolute atomic E-state index is 12.2. The molecular formula is C13H16ClN5O. The summed E-state index contributed by atoms with van der Waals surface area (Å²) in [5.41, 5.74) is -0.211. The topological polar surface area (TPSA) is 73.1 Å². The fourth-order valence-electron chi connectivity index (χ4n) is 2.12. The lowest BCUT2D eigenvalue weighted by atomic mass is 10.0. The molecule has 2 rings (SSSR count). The van der Waals surface area contributed by atoms with Gasteiger partial charge in [0.25, 0.3) is 5.91 Å². The molecule has 0 radical (unpaired) electrons. The van der Waals surface area contributed by atoms with Gasteiger partial charge in [-0.25, -0.2) is 9.97 Å². The summed E-state index contributed by atoms with van der Waals surface area (Å²) in [4.78, 5) is 23.9. The zero-order valence-electron chi connectivity index (χ0n) is 11.5. The van der Waals surface area contributed by atoms with E-state index < -0.39 is 5.54 Å². The standard InChI is InChI=1S/C13H16ClN5O/c1-13(2,9-15)19-5-3-18(4-6-19)12(20)10-7-17-11(14)8-16-10/h7-8H,3-6H2,1-2H3. The van der Waals surface area contributed by atoms with Crippen LogP contribution >= 0.6 is 11.6 Å². The van der Waals surface area contributed by atoms with Gasteiger partial charge in [0.05, 0.1) is 18.5 Å². The number of rotatable bonds is 2. The number of halogens is 1. The molecule has 1 aromatic rings. The fraction of sp³-hybridized carbons (Fsp3) is 0.538. The highest BCUT2D eigenvalue weighted by molar-refractivity contribution is 6.29. The van der Waals surface area contributed by atoms with Crippen LogP contribution in [-0.4, -0.2) is 57.4 Å². The van der Waals surface area contributed by atoms with Crippen LogP contribution in [0.1, 0.15) is 24.3 Å². The van der Waals surface area contributed by atoms with Gasteiger partial charge in [-0.3, -0.25) is 9.69 Å². The minimum absolute atomic E-state index is 0.149. The van der Waals surface area contributed by atoms with Crippen molar-refractivity contribution in [1.82, 2.24) is 19.8 Å². The number of hydrogen-bond acceptors (Lipinski definition) is 5. The molecular weight excluding hydrogens is 278 g/mol. The monoisotopic (exact) mass is 293 g/mol. The summed E-state index contributed by atoms with van der Waals surface area (Å²) in [5, 5.41) is 9.39. The number of nitrogens with zero attached hydrogens (tertiary/aromatic N) is 5. The summed E-state index contributed by atoms with van der Waals surface area (Å²) < 4.78 is 0. The highest BCUT2D eigenvalue weighted by Gasteiger charge is 2.31. The molecule has 1 aliphatic heterocycles. The van der Waals surface area contributed by atoms with E-state index >= 15 is 0 Å². The number of nitriles is 1. The average Bonchev–Trinajstić information content (AvgIpc) is 2.47. The van der Waals surface area contributed by atoms with Gasteiger partial charge >= 0.3 is 0 Å². The molecule has 0 aliphatic carbocycles. The van der Waals surface area contributed by atoms with Crippen molar-refractivity contribution in [1.29, 1.82) is 5.26 Å². The molecule has 1 aromatic heterocycles. The lowest BCUT2D eigenvalue weighted by Crippen LogP contribution is -2.55. The number of hydrogen-bond donors (Lipinski definition) is 0. The predicted molar refractivity (Wildman–Crippen MR) is 74.2 cm³/mol. The Morgan fingerprint density at radius 3 is 2.45 bits per heavy atom. The van der Waals surface area contributed by atoms with Crippen molar-refractivity contribution in [2.24, 2.45) is 0 Å². The van der Waals surface area contributed by atoms with Gasteiger partial charge in [-0.1, -0.05) is 11.6 Å². The third-order valence-electron chi connectivity index (χ3n) is 3.47. The molecule has 1 fully saturated rings. The van der Waals surface area contributed by atoms with Gasteiger partial charge in [-0.05, 0) is 13.8 Å². The summed E-state index contributed by atoms with van der Waals surface area (Å²) in [6.07, 6.45) is 2.75. The molecule has 0 spiro atoms. The van der Waals surface area contributed by atoms with E-state index in [4.69, 9.17) is 16.9 Å². The van der Waals surface area contributed by atoms with Crippen molar-refractivity contribution in [2.75, 3.05) is 26.2 Å². The van der Waals surface area contributed by atoms with Crippen LogP contribution in [0.15, 0.2) is 12.4 Å². The van der Waals surface area contributed by atoms with Crippen molar-refractivity contribution in [3.8, 4) is 6.07 Å². The van der Waals surface area contributed by atoms with Crippen LogP contribution in [0.2, 0.25) is 5.15 Å². The van der Waals surface area contributed by atoms with Gasteiger partial charge < -0.3 is 4.90 Å². The highest BCUT2D eigenvalue weighted by atomic mass is 35.5. The Hall–Kier alpha value is -1.71. The molecule has 1 aliphatic rings. The molecule has 1 saturated heterocycles. The lowest BCUT2D eigenvalue weighted by molar-refractivity contribution is 0.0515. The van der Waals surface area contributed by atoms with Crippen LogP contribution in [-0.2, 0) is 0 Å². The van der Waals surface area contributed by atoms with E-state index in [1.165, 1.54) is 12.4 Å². The maximum Gasteiger partial charge on any atom is 0.274 e. The smallest absolute Gasteiger partial charge is 0.274 e. The highest BCUT2D eigenvalue weighted by Crippen LogP contribution is 2.16. The van der Waals surface area contributed by atoms with E-state index in [1.807, 2.05) is 13.8 Å². The fourth-order valence-corrected chi connectivity index (χ4v) is 2.22. The van der Waals surface area contributed by atoms with Crippen LogP contribution < -0.4 is 0 Å². The molecule has 1 amide bonds. The van der Waals surface area contributed by atoms with Crippen LogP contribution in [0.4, 0.5) is 0 Å².